The van der Waals surface area contributed by atoms with E-state index >= 15 is 0 Å². The van der Waals surface area contributed by atoms with Gasteiger partial charge in [0.15, 0.2) is 0 Å². The molecule has 0 aliphatic rings. The minimum absolute atomic E-state index is 0.232. The molecule has 190 valence electrons. The third-order valence-corrected chi connectivity index (χ3v) is 6.25. The number of esters is 1. The van der Waals surface area contributed by atoms with Crippen LogP contribution < -0.4 is 0 Å². The fourth-order valence-corrected chi connectivity index (χ4v) is 4.00. The molecule has 0 saturated heterocycles. The number of ether oxygens (including phenoxy) is 2. The smallest absolute Gasteiger partial charge is 0.319 e. The summed E-state index contributed by atoms with van der Waals surface area (Å²) in [6.07, 6.45) is 21.6. The summed E-state index contributed by atoms with van der Waals surface area (Å²) >= 11 is 0. The molecule has 1 rings (SSSR count). The second-order valence-corrected chi connectivity index (χ2v) is 9.43. The fourth-order valence-electron chi connectivity index (χ4n) is 4.00. The van der Waals surface area contributed by atoms with Crippen molar-refractivity contribution in [3.63, 3.8) is 0 Å². The summed E-state index contributed by atoms with van der Waals surface area (Å²) in [4.78, 5) is 12.6. The Hall–Kier alpha value is -1.55. The van der Waals surface area contributed by atoms with Crippen LogP contribution >= 0.6 is 0 Å². The predicted molar refractivity (Wildman–Crippen MR) is 138 cm³/mol. The fraction of sp³-hybridized carbons (Fsp3) is 0.759. The van der Waals surface area contributed by atoms with Gasteiger partial charge in [-0.15, -0.1) is 0 Å². The molecule has 1 atom stereocenters. The average Bonchev–Trinajstić information content (AvgIpc) is 3.25. The van der Waals surface area contributed by atoms with E-state index in [0.29, 0.717) is 18.8 Å². The van der Waals surface area contributed by atoms with E-state index in [1.807, 2.05) is 32.9 Å². The van der Waals surface area contributed by atoms with Gasteiger partial charge in [0.1, 0.15) is 16.9 Å². The monoisotopic (exact) mass is 462 g/mol. The van der Waals surface area contributed by atoms with Crippen LogP contribution in [0.4, 0.5) is 0 Å². The minimum Gasteiger partial charge on any atom is -0.465 e. The van der Waals surface area contributed by atoms with Gasteiger partial charge in [0.05, 0.1) is 6.61 Å². The molecule has 0 aliphatic heterocycles. The molecule has 0 bridgehead atoms. The first-order valence-electron chi connectivity index (χ1n) is 13.5. The van der Waals surface area contributed by atoms with Gasteiger partial charge in [-0.2, -0.15) is 0 Å². The lowest BCUT2D eigenvalue weighted by molar-refractivity contribution is -0.150. The van der Waals surface area contributed by atoms with Gasteiger partial charge < -0.3 is 13.9 Å². The number of unbranched alkanes of at least 4 members (excludes halogenated alkanes) is 11. The summed E-state index contributed by atoms with van der Waals surface area (Å²) in [6, 6.07) is 3.78. The van der Waals surface area contributed by atoms with Crippen LogP contribution in [0.25, 0.3) is 0 Å². The van der Waals surface area contributed by atoms with Crippen molar-refractivity contribution < 1.29 is 18.7 Å². The molecule has 1 unspecified atom stereocenters. The molecule has 4 heteroatoms. The maximum atomic E-state index is 12.6. The van der Waals surface area contributed by atoms with Gasteiger partial charge >= 0.3 is 5.97 Å². The number of aryl methyl sites for hydroxylation is 1. The summed E-state index contributed by atoms with van der Waals surface area (Å²) in [5.74, 6) is 1.25. The van der Waals surface area contributed by atoms with Crippen LogP contribution in [0.5, 0.6) is 0 Å². The lowest BCUT2D eigenvalue weighted by Gasteiger charge is -2.23. The molecule has 0 saturated carbocycles. The quantitative estimate of drug-likeness (QED) is 0.104. The van der Waals surface area contributed by atoms with E-state index in [4.69, 9.17) is 13.9 Å². The number of carbonyl (C=O) groups excluding carboxylic acids is 1. The molecule has 1 heterocycles. The Morgan fingerprint density at radius 3 is 2.06 bits per heavy atom. The molecule has 4 nitrogen and oxygen atoms in total. The topological polar surface area (TPSA) is 48.7 Å². The van der Waals surface area contributed by atoms with Crippen molar-refractivity contribution in [2.24, 2.45) is 0 Å². The summed E-state index contributed by atoms with van der Waals surface area (Å²) in [5, 5.41) is 0. The van der Waals surface area contributed by atoms with Crippen molar-refractivity contribution in [3.05, 3.63) is 35.8 Å². The highest BCUT2D eigenvalue weighted by Crippen LogP contribution is 2.31. The second-order valence-electron chi connectivity index (χ2n) is 9.43. The van der Waals surface area contributed by atoms with Crippen molar-refractivity contribution in [3.8, 4) is 0 Å². The van der Waals surface area contributed by atoms with Crippen molar-refractivity contribution in [2.75, 3.05) is 19.8 Å². The molecular formula is C29H50O4. The van der Waals surface area contributed by atoms with Crippen LogP contribution in [0.3, 0.4) is 0 Å². The normalized spacial score (nSPS) is 13.5. The number of hydrogen-bond donors (Lipinski definition) is 0. The lowest BCUT2D eigenvalue weighted by Crippen LogP contribution is -2.33. The molecule has 0 fully saturated rings. The Labute approximate surface area is 203 Å². The van der Waals surface area contributed by atoms with Crippen LogP contribution in [0.2, 0.25) is 0 Å². The van der Waals surface area contributed by atoms with Gasteiger partial charge in [-0.3, -0.25) is 4.79 Å². The molecule has 0 aliphatic carbocycles. The van der Waals surface area contributed by atoms with Crippen molar-refractivity contribution in [1.29, 1.82) is 0 Å². The van der Waals surface area contributed by atoms with Crippen LogP contribution in [0.1, 0.15) is 122 Å². The largest absolute Gasteiger partial charge is 0.465 e. The molecular weight excluding hydrogens is 412 g/mol. The van der Waals surface area contributed by atoms with Crippen LogP contribution in [-0.2, 0) is 19.7 Å². The lowest BCUT2D eigenvalue weighted by atomic mass is 9.84. The molecule has 1 aromatic heterocycles. The zero-order valence-electron chi connectivity index (χ0n) is 22.0. The molecule has 0 spiro atoms. The second kappa shape index (κ2) is 18.8. The summed E-state index contributed by atoms with van der Waals surface area (Å²) in [6.45, 7) is 10.0. The molecule has 0 N–H and O–H groups in total. The van der Waals surface area contributed by atoms with Crippen molar-refractivity contribution >= 4 is 5.97 Å². The predicted octanol–water partition coefficient (Wildman–Crippen LogP) is 8.46. The van der Waals surface area contributed by atoms with E-state index in [0.717, 1.165) is 38.2 Å². The zero-order chi connectivity index (χ0) is 24.2. The number of allylic oxidation sites excluding steroid dienone is 2. The van der Waals surface area contributed by atoms with Gasteiger partial charge in [0.25, 0.3) is 0 Å². The summed E-state index contributed by atoms with van der Waals surface area (Å²) in [5.41, 5.74) is -0.779. The molecule has 0 radical (unpaired) electrons. The van der Waals surface area contributed by atoms with Gasteiger partial charge in [0.2, 0.25) is 0 Å². The standard InChI is InChI=1S/C29H50O4/c1-5-7-8-9-10-11-12-13-16-19-24-31-25-20-17-14-15-18-23-29(4,28(30)32-6-2)27-22-21-26(3)33-27/h15,18,21-22H,5-14,16-17,19-20,23-25H2,1-4H3/b18-15+. The first-order chi connectivity index (χ1) is 16.0. The van der Waals surface area contributed by atoms with Gasteiger partial charge in [-0.25, -0.2) is 0 Å². The minimum atomic E-state index is -0.779. The Morgan fingerprint density at radius 1 is 0.879 bits per heavy atom. The number of hydrogen-bond acceptors (Lipinski definition) is 4. The molecule has 33 heavy (non-hydrogen) atoms. The first kappa shape index (κ1) is 29.5. The molecule has 0 aromatic carbocycles. The Kier molecular flexibility index (Phi) is 16.8. The number of furan rings is 1. The van der Waals surface area contributed by atoms with Gasteiger partial charge in [-0.05, 0) is 65.0 Å². The molecule has 1 aromatic rings. The van der Waals surface area contributed by atoms with E-state index in [1.165, 1.54) is 64.2 Å². The summed E-state index contributed by atoms with van der Waals surface area (Å²) < 4.78 is 16.8. The Bertz CT molecular complexity index is 633. The third-order valence-electron chi connectivity index (χ3n) is 6.25. The van der Waals surface area contributed by atoms with Crippen LogP contribution in [0.15, 0.2) is 28.7 Å². The SMILES string of the molecule is CCCCCCCCCCCCOCCCC/C=C/CC(C)(C(=O)OCC)c1ccc(C)o1. The molecule has 0 amide bonds. The van der Waals surface area contributed by atoms with E-state index in [1.54, 1.807) is 0 Å². The van der Waals surface area contributed by atoms with Crippen molar-refractivity contribution in [1.82, 2.24) is 0 Å². The van der Waals surface area contributed by atoms with E-state index in [2.05, 4.69) is 19.1 Å². The maximum Gasteiger partial charge on any atom is 0.319 e. The van der Waals surface area contributed by atoms with Crippen LogP contribution in [0, 0.1) is 6.92 Å². The van der Waals surface area contributed by atoms with E-state index in [-0.39, 0.29) is 5.97 Å². The average molecular weight is 463 g/mol. The Balaban J connectivity index is 2.06. The number of carbonyl (C=O) groups is 1. The zero-order valence-corrected chi connectivity index (χ0v) is 22.0. The third kappa shape index (κ3) is 13.1. The highest BCUT2D eigenvalue weighted by molar-refractivity contribution is 5.82. The van der Waals surface area contributed by atoms with Crippen molar-refractivity contribution in [2.45, 2.75) is 123 Å². The van der Waals surface area contributed by atoms with Crippen LogP contribution in [-0.4, -0.2) is 25.8 Å². The highest BCUT2D eigenvalue weighted by Gasteiger charge is 2.38. The summed E-state index contributed by atoms with van der Waals surface area (Å²) in [7, 11) is 0. The van der Waals surface area contributed by atoms with E-state index < -0.39 is 5.41 Å². The van der Waals surface area contributed by atoms with Gasteiger partial charge in [-0.1, -0.05) is 76.9 Å². The maximum absolute atomic E-state index is 12.6. The first-order valence-corrected chi connectivity index (χ1v) is 13.5. The van der Waals surface area contributed by atoms with Gasteiger partial charge in [0, 0.05) is 13.2 Å². The number of rotatable bonds is 21. The highest BCUT2D eigenvalue weighted by atomic mass is 16.5. The Morgan fingerprint density at radius 2 is 1.48 bits per heavy atom. The van der Waals surface area contributed by atoms with E-state index in [9.17, 15) is 4.79 Å².